The number of piperazine rings is 2. The normalized spacial score (nSPS) is 17.5. The number of nitrogens with one attached hydrogen (secondary N) is 2. The van der Waals surface area contributed by atoms with Gasteiger partial charge in [-0.2, -0.15) is 0 Å². The summed E-state index contributed by atoms with van der Waals surface area (Å²) in [5, 5.41) is 5.63. The number of methoxy groups -OCH3 is 1. The van der Waals surface area contributed by atoms with Crippen LogP contribution in [0.15, 0.2) is 78.9 Å². The predicted molar refractivity (Wildman–Crippen MR) is 156 cm³/mol. The van der Waals surface area contributed by atoms with E-state index in [9.17, 15) is 14.4 Å². The Morgan fingerprint density at radius 2 is 1.51 bits per heavy atom. The highest BCUT2D eigenvalue weighted by Crippen LogP contribution is 2.23. The molecule has 3 aromatic carbocycles. The Morgan fingerprint density at radius 3 is 2.20 bits per heavy atom. The van der Waals surface area contributed by atoms with Gasteiger partial charge < -0.3 is 29.9 Å². The Balaban J connectivity index is 1.12. The second-order valence-corrected chi connectivity index (χ2v) is 10.0. The molecule has 0 aliphatic carbocycles. The van der Waals surface area contributed by atoms with Crippen molar-refractivity contribution in [2.75, 3.05) is 63.1 Å². The van der Waals surface area contributed by atoms with Gasteiger partial charge in [0.2, 0.25) is 17.7 Å². The zero-order chi connectivity index (χ0) is 28.6. The number of anilines is 2. The average molecular weight is 558 g/mol. The lowest BCUT2D eigenvalue weighted by Crippen LogP contribution is -2.60. The first-order valence-electron chi connectivity index (χ1n) is 13.8. The first kappa shape index (κ1) is 28.0. The zero-order valence-electron chi connectivity index (χ0n) is 23.1. The fourth-order valence-electron chi connectivity index (χ4n) is 5.07. The number of benzene rings is 3. The molecule has 0 saturated carbocycles. The number of para-hydroxylation sites is 1. The summed E-state index contributed by atoms with van der Waals surface area (Å²) in [7, 11) is 1.65. The van der Waals surface area contributed by atoms with E-state index in [1.165, 1.54) is 0 Å². The lowest BCUT2D eigenvalue weighted by Gasteiger charge is -2.39. The van der Waals surface area contributed by atoms with Crippen molar-refractivity contribution in [3.63, 3.8) is 0 Å². The molecule has 5 rings (SSSR count). The van der Waals surface area contributed by atoms with Crippen LogP contribution in [-0.2, 0) is 14.4 Å². The minimum absolute atomic E-state index is 0.120. The maximum atomic E-state index is 13.3. The van der Waals surface area contributed by atoms with Gasteiger partial charge in [0.25, 0.3) is 0 Å². The summed E-state index contributed by atoms with van der Waals surface area (Å²) in [5.41, 5.74) is 1.70. The number of carbonyl (C=O) groups excluding carboxylic acids is 3. The first-order valence-corrected chi connectivity index (χ1v) is 13.8. The van der Waals surface area contributed by atoms with Crippen LogP contribution in [-0.4, -0.2) is 86.5 Å². The molecule has 0 radical (unpaired) electrons. The van der Waals surface area contributed by atoms with Crippen molar-refractivity contribution >= 4 is 29.1 Å². The maximum absolute atomic E-state index is 13.3. The summed E-state index contributed by atoms with van der Waals surface area (Å²) >= 11 is 0. The molecule has 2 heterocycles. The second-order valence-electron chi connectivity index (χ2n) is 10.0. The number of nitrogens with zero attached hydrogens (tertiary/aromatic N) is 3. The van der Waals surface area contributed by atoms with Crippen LogP contribution >= 0.6 is 0 Å². The summed E-state index contributed by atoms with van der Waals surface area (Å²) in [4.78, 5) is 44.8. The van der Waals surface area contributed by atoms with E-state index in [4.69, 9.17) is 9.47 Å². The molecule has 3 aromatic rings. The largest absolute Gasteiger partial charge is 0.497 e. The van der Waals surface area contributed by atoms with Crippen LogP contribution in [0.2, 0.25) is 0 Å². The van der Waals surface area contributed by atoms with Crippen LogP contribution < -0.4 is 25.0 Å². The van der Waals surface area contributed by atoms with Gasteiger partial charge in [-0.25, -0.2) is 0 Å². The van der Waals surface area contributed by atoms with Gasteiger partial charge in [-0.15, -0.1) is 0 Å². The van der Waals surface area contributed by atoms with E-state index in [0.717, 1.165) is 43.4 Å². The Hall–Kier alpha value is -4.57. The van der Waals surface area contributed by atoms with E-state index in [1.54, 1.807) is 36.3 Å². The van der Waals surface area contributed by atoms with Crippen LogP contribution in [0.4, 0.5) is 11.4 Å². The molecule has 1 atom stereocenters. The minimum atomic E-state index is -0.850. The van der Waals surface area contributed by atoms with Crippen molar-refractivity contribution in [2.24, 2.45) is 0 Å². The first-order chi connectivity index (χ1) is 20.0. The Kier molecular flexibility index (Phi) is 9.00. The Morgan fingerprint density at radius 1 is 0.854 bits per heavy atom. The molecule has 1 unspecified atom stereocenters. The number of rotatable bonds is 9. The second kappa shape index (κ2) is 13.2. The summed E-state index contributed by atoms with van der Waals surface area (Å²) < 4.78 is 11.0. The summed E-state index contributed by atoms with van der Waals surface area (Å²) in [6.07, 6.45) is -0.120. The average Bonchev–Trinajstić information content (AvgIpc) is 3.00. The van der Waals surface area contributed by atoms with Gasteiger partial charge in [-0.05, 0) is 60.7 Å². The van der Waals surface area contributed by atoms with Crippen LogP contribution in [0.25, 0.3) is 0 Å². The monoisotopic (exact) mass is 557 g/mol. The number of ether oxygens (including phenoxy) is 2. The molecule has 2 aliphatic heterocycles. The highest BCUT2D eigenvalue weighted by atomic mass is 16.5. The van der Waals surface area contributed by atoms with Gasteiger partial charge in [-0.3, -0.25) is 19.3 Å². The van der Waals surface area contributed by atoms with E-state index in [-0.39, 0.29) is 30.7 Å². The SMILES string of the molecule is COc1ccc(N2CCN(CC(=O)N3CCNC(=O)C3CC(=O)Nc3ccc(Oc4ccccc4)cc3)CC2)cc1. The topological polar surface area (TPSA) is 103 Å². The molecule has 10 nitrogen and oxygen atoms in total. The van der Waals surface area contributed by atoms with E-state index >= 15 is 0 Å². The van der Waals surface area contributed by atoms with Crippen molar-refractivity contribution < 1.29 is 23.9 Å². The molecule has 3 amide bonds. The third-order valence-corrected chi connectivity index (χ3v) is 7.32. The van der Waals surface area contributed by atoms with Gasteiger partial charge in [0, 0.05) is 50.6 Å². The molecular formula is C31H35N5O5. The fraction of sp³-hybridized carbons (Fsp3) is 0.323. The summed E-state index contributed by atoms with van der Waals surface area (Å²) in [6.45, 7) is 4.00. The molecular weight excluding hydrogens is 522 g/mol. The fourth-order valence-corrected chi connectivity index (χ4v) is 5.07. The Labute approximate surface area is 239 Å². The minimum Gasteiger partial charge on any atom is -0.497 e. The van der Waals surface area contributed by atoms with Crippen molar-refractivity contribution in [3.05, 3.63) is 78.9 Å². The summed E-state index contributed by atoms with van der Waals surface area (Å²) in [5.74, 6) is 1.39. The van der Waals surface area contributed by atoms with Gasteiger partial charge in [0.1, 0.15) is 23.3 Å². The molecule has 0 bridgehead atoms. The highest BCUT2D eigenvalue weighted by molar-refractivity contribution is 5.97. The van der Waals surface area contributed by atoms with Gasteiger partial charge in [-0.1, -0.05) is 18.2 Å². The van der Waals surface area contributed by atoms with E-state index in [1.807, 2.05) is 54.6 Å². The van der Waals surface area contributed by atoms with Gasteiger partial charge in [0.05, 0.1) is 20.1 Å². The summed E-state index contributed by atoms with van der Waals surface area (Å²) in [6, 6.07) is 23.5. The zero-order valence-corrected chi connectivity index (χ0v) is 23.1. The van der Waals surface area contributed by atoms with E-state index in [2.05, 4.69) is 20.4 Å². The third kappa shape index (κ3) is 7.34. The molecule has 2 aliphatic rings. The van der Waals surface area contributed by atoms with Gasteiger partial charge >= 0.3 is 0 Å². The van der Waals surface area contributed by atoms with Crippen molar-refractivity contribution in [2.45, 2.75) is 12.5 Å². The third-order valence-electron chi connectivity index (χ3n) is 7.32. The molecule has 2 saturated heterocycles. The van der Waals surface area contributed by atoms with Crippen molar-refractivity contribution in [3.8, 4) is 17.2 Å². The van der Waals surface area contributed by atoms with E-state index < -0.39 is 6.04 Å². The molecule has 214 valence electrons. The predicted octanol–water partition coefficient (Wildman–Crippen LogP) is 2.97. The smallest absolute Gasteiger partial charge is 0.243 e. The highest BCUT2D eigenvalue weighted by Gasteiger charge is 2.35. The number of carbonyl (C=O) groups is 3. The molecule has 41 heavy (non-hydrogen) atoms. The van der Waals surface area contributed by atoms with E-state index in [0.29, 0.717) is 24.5 Å². The Bertz CT molecular complexity index is 1330. The quantitative estimate of drug-likeness (QED) is 0.417. The standard InChI is InChI=1S/C31H35N5O5/c1-40-25-13-9-24(10-14-25)35-19-17-34(18-20-35)22-30(38)36-16-15-32-31(39)28(36)21-29(37)33-23-7-11-27(12-8-23)41-26-5-3-2-4-6-26/h2-14,28H,15-22H2,1H3,(H,32,39)(H,33,37). The van der Waals surface area contributed by atoms with Crippen LogP contribution in [0.5, 0.6) is 17.2 Å². The molecule has 2 fully saturated rings. The van der Waals surface area contributed by atoms with Crippen molar-refractivity contribution in [1.29, 1.82) is 0 Å². The van der Waals surface area contributed by atoms with Gasteiger partial charge in [0.15, 0.2) is 0 Å². The lowest BCUT2D eigenvalue weighted by molar-refractivity contribution is -0.145. The van der Waals surface area contributed by atoms with Crippen LogP contribution in [0, 0.1) is 0 Å². The maximum Gasteiger partial charge on any atom is 0.243 e. The molecule has 2 N–H and O–H groups in total. The van der Waals surface area contributed by atoms with Crippen molar-refractivity contribution in [1.82, 2.24) is 15.1 Å². The number of hydrogen-bond acceptors (Lipinski definition) is 7. The number of hydrogen-bond donors (Lipinski definition) is 2. The van der Waals surface area contributed by atoms with Crippen LogP contribution in [0.3, 0.4) is 0 Å². The molecule has 0 spiro atoms. The van der Waals surface area contributed by atoms with Crippen LogP contribution in [0.1, 0.15) is 6.42 Å². The lowest BCUT2D eigenvalue weighted by atomic mass is 10.1. The molecule has 10 heteroatoms. The molecule has 0 aromatic heterocycles. The number of amides is 3.